The molecule has 1 fully saturated rings. The fourth-order valence-electron chi connectivity index (χ4n) is 2.65. The molecule has 0 saturated carbocycles. The molecule has 3 rings (SSSR count). The van der Waals surface area contributed by atoms with E-state index < -0.39 is 0 Å². The molecule has 1 aliphatic heterocycles. The maximum absolute atomic E-state index is 5.89. The molecule has 1 aliphatic rings. The summed E-state index contributed by atoms with van der Waals surface area (Å²) in [6, 6.07) is 4.15. The van der Waals surface area contributed by atoms with Crippen LogP contribution >= 0.6 is 0 Å². The Morgan fingerprint density at radius 2 is 2.27 bits per heavy atom. The van der Waals surface area contributed by atoms with Gasteiger partial charge in [-0.15, -0.1) is 0 Å². The van der Waals surface area contributed by atoms with Gasteiger partial charge in [-0.3, -0.25) is 4.98 Å². The number of aromatic nitrogens is 3. The average Bonchev–Trinajstić information content (AvgIpc) is 2.61. The molecular weight excluding hydrogens is 278 g/mol. The molecule has 0 amide bonds. The van der Waals surface area contributed by atoms with Crippen LogP contribution in [0.25, 0.3) is 0 Å². The number of pyridine rings is 1. The van der Waals surface area contributed by atoms with Crippen LogP contribution in [0.4, 0.5) is 11.6 Å². The van der Waals surface area contributed by atoms with E-state index in [1.165, 1.54) is 5.56 Å². The monoisotopic (exact) mass is 299 g/mol. The number of anilines is 2. The van der Waals surface area contributed by atoms with Crippen LogP contribution in [0.3, 0.4) is 0 Å². The van der Waals surface area contributed by atoms with Crippen molar-refractivity contribution in [1.29, 1.82) is 0 Å². The van der Waals surface area contributed by atoms with E-state index in [1.54, 1.807) is 12.4 Å². The summed E-state index contributed by atoms with van der Waals surface area (Å²) >= 11 is 0. The number of nitrogens with zero attached hydrogens (tertiary/aromatic N) is 4. The molecule has 1 N–H and O–H groups in total. The fraction of sp³-hybridized carbons (Fsp3) is 0.438. The van der Waals surface area contributed by atoms with Gasteiger partial charge in [0.05, 0.1) is 18.9 Å². The maximum atomic E-state index is 5.89. The van der Waals surface area contributed by atoms with Gasteiger partial charge in [0.1, 0.15) is 11.6 Å². The van der Waals surface area contributed by atoms with Crippen LogP contribution in [-0.2, 0) is 11.2 Å². The van der Waals surface area contributed by atoms with Crippen molar-refractivity contribution >= 4 is 11.6 Å². The molecule has 22 heavy (non-hydrogen) atoms. The Balaban J connectivity index is 1.56. The zero-order chi connectivity index (χ0) is 15.2. The van der Waals surface area contributed by atoms with Gasteiger partial charge in [-0.25, -0.2) is 9.97 Å². The number of hydrogen-bond acceptors (Lipinski definition) is 6. The second-order valence-electron chi connectivity index (χ2n) is 5.34. The van der Waals surface area contributed by atoms with Gasteiger partial charge in [-0.05, 0) is 30.5 Å². The highest BCUT2D eigenvalue weighted by molar-refractivity contribution is 5.37. The predicted molar refractivity (Wildman–Crippen MR) is 86.1 cm³/mol. The summed E-state index contributed by atoms with van der Waals surface area (Å²) in [6.45, 7) is 2.47. The highest BCUT2D eigenvalue weighted by atomic mass is 16.5. The van der Waals surface area contributed by atoms with Gasteiger partial charge in [-0.1, -0.05) is 0 Å². The van der Waals surface area contributed by atoms with E-state index in [0.29, 0.717) is 0 Å². The lowest BCUT2D eigenvalue weighted by atomic mass is 10.1. The average molecular weight is 299 g/mol. The van der Waals surface area contributed by atoms with E-state index in [-0.39, 0.29) is 6.10 Å². The minimum absolute atomic E-state index is 0.224. The van der Waals surface area contributed by atoms with Gasteiger partial charge in [0, 0.05) is 38.7 Å². The van der Waals surface area contributed by atoms with Crippen molar-refractivity contribution in [1.82, 2.24) is 15.0 Å². The Kier molecular flexibility index (Phi) is 4.80. The van der Waals surface area contributed by atoms with E-state index in [2.05, 4.69) is 37.3 Å². The van der Waals surface area contributed by atoms with Crippen LogP contribution in [0.15, 0.2) is 36.9 Å². The Labute approximate surface area is 130 Å². The molecule has 3 heterocycles. The number of ether oxygens (including phenoxy) is 1. The van der Waals surface area contributed by atoms with Gasteiger partial charge in [0.25, 0.3) is 0 Å². The predicted octanol–water partition coefficient (Wildman–Crippen LogP) is 1.75. The lowest BCUT2D eigenvalue weighted by Gasteiger charge is -2.33. The number of aryl methyl sites for hydroxylation is 1. The van der Waals surface area contributed by atoms with Crippen molar-refractivity contribution in [3.05, 3.63) is 42.5 Å². The summed E-state index contributed by atoms with van der Waals surface area (Å²) in [7, 11) is 1.88. The lowest BCUT2D eigenvalue weighted by Crippen LogP contribution is -2.43. The van der Waals surface area contributed by atoms with Crippen molar-refractivity contribution in [2.24, 2.45) is 0 Å². The summed E-state index contributed by atoms with van der Waals surface area (Å²) in [6.07, 6.45) is 9.28. The third kappa shape index (κ3) is 3.71. The topological polar surface area (TPSA) is 63.2 Å². The van der Waals surface area contributed by atoms with Gasteiger partial charge in [-0.2, -0.15) is 0 Å². The number of rotatable bonds is 5. The van der Waals surface area contributed by atoms with Crippen molar-refractivity contribution in [3.63, 3.8) is 0 Å². The first-order valence-electron chi connectivity index (χ1n) is 7.60. The smallest absolute Gasteiger partial charge is 0.147 e. The summed E-state index contributed by atoms with van der Waals surface area (Å²) in [4.78, 5) is 15.0. The normalized spacial score (nSPS) is 18.2. The summed E-state index contributed by atoms with van der Waals surface area (Å²) in [5.41, 5.74) is 1.28. The van der Waals surface area contributed by atoms with E-state index in [9.17, 15) is 0 Å². The van der Waals surface area contributed by atoms with E-state index in [0.717, 1.165) is 44.2 Å². The van der Waals surface area contributed by atoms with Crippen LogP contribution in [-0.4, -0.2) is 47.8 Å². The Morgan fingerprint density at radius 1 is 1.32 bits per heavy atom. The summed E-state index contributed by atoms with van der Waals surface area (Å²) < 4.78 is 5.89. The SMILES string of the molecule is CNc1cc(CC[C@H]2CN(c3cnccn3)CCO2)ccn1. The van der Waals surface area contributed by atoms with Crippen molar-refractivity contribution in [2.75, 3.05) is 37.0 Å². The number of nitrogens with one attached hydrogen (secondary N) is 1. The lowest BCUT2D eigenvalue weighted by molar-refractivity contribution is 0.0352. The summed E-state index contributed by atoms with van der Waals surface area (Å²) in [5.74, 6) is 1.83. The van der Waals surface area contributed by atoms with Gasteiger partial charge >= 0.3 is 0 Å². The number of morpholine rings is 1. The molecule has 0 unspecified atom stereocenters. The molecule has 0 spiro atoms. The first-order chi connectivity index (χ1) is 10.8. The van der Waals surface area contributed by atoms with E-state index in [1.807, 2.05) is 19.4 Å². The molecule has 0 aliphatic carbocycles. The highest BCUT2D eigenvalue weighted by Crippen LogP contribution is 2.17. The molecule has 116 valence electrons. The maximum Gasteiger partial charge on any atom is 0.147 e. The van der Waals surface area contributed by atoms with Crippen LogP contribution in [0.2, 0.25) is 0 Å². The largest absolute Gasteiger partial charge is 0.375 e. The number of hydrogen-bond donors (Lipinski definition) is 1. The van der Waals surface area contributed by atoms with E-state index >= 15 is 0 Å². The molecule has 2 aromatic heterocycles. The zero-order valence-electron chi connectivity index (χ0n) is 12.8. The fourth-order valence-corrected chi connectivity index (χ4v) is 2.65. The van der Waals surface area contributed by atoms with Crippen LogP contribution in [0.1, 0.15) is 12.0 Å². The zero-order valence-corrected chi connectivity index (χ0v) is 12.8. The molecule has 2 aromatic rings. The minimum Gasteiger partial charge on any atom is -0.375 e. The Morgan fingerprint density at radius 3 is 3.09 bits per heavy atom. The second kappa shape index (κ2) is 7.17. The quantitative estimate of drug-likeness (QED) is 0.907. The third-order valence-electron chi connectivity index (χ3n) is 3.85. The van der Waals surface area contributed by atoms with E-state index in [4.69, 9.17) is 4.74 Å². The standard InChI is InChI=1S/C16H21N5O/c1-17-15-10-13(4-5-19-15)2-3-14-12-21(8-9-22-14)16-11-18-6-7-20-16/h4-7,10-11,14H,2-3,8-9,12H2,1H3,(H,17,19)/t14-/m0/s1. The molecule has 1 atom stereocenters. The minimum atomic E-state index is 0.224. The van der Waals surface area contributed by atoms with Crippen molar-refractivity contribution < 1.29 is 4.74 Å². The van der Waals surface area contributed by atoms with Crippen molar-refractivity contribution in [2.45, 2.75) is 18.9 Å². The molecule has 0 aromatic carbocycles. The first-order valence-corrected chi connectivity index (χ1v) is 7.60. The second-order valence-corrected chi connectivity index (χ2v) is 5.34. The van der Waals surface area contributed by atoms with Crippen molar-refractivity contribution in [3.8, 4) is 0 Å². The van der Waals surface area contributed by atoms with Gasteiger partial charge < -0.3 is 15.0 Å². The van der Waals surface area contributed by atoms with Gasteiger partial charge in [0.2, 0.25) is 0 Å². The first kappa shape index (κ1) is 14.7. The van der Waals surface area contributed by atoms with Crippen LogP contribution in [0.5, 0.6) is 0 Å². The Hall–Kier alpha value is -2.21. The highest BCUT2D eigenvalue weighted by Gasteiger charge is 2.21. The molecule has 0 radical (unpaired) electrons. The Bertz CT molecular complexity index is 592. The van der Waals surface area contributed by atoms with Gasteiger partial charge in [0.15, 0.2) is 0 Å². The molecule has 1 saturated heterocycles. The summed E-state index contributed by atoms with van der Waals surface area (Å²) in [5, 5.41) is 3.07. The van der Waals surface area contributed by atoms with Crippen LogP contribution < -0.4 is 10.2 Å². The molecule has 6 nitrogen and oxygen atoms in total. The molecular formula is C16H21N5O. The molecule has 0 bridgehead atoms. The molecule has 6 heteroatoms. The third-order valence-corrected chi connectivity index (χ3v) is 3.85. The van der Waals surface area contributed by atoms with Crippen LogP contribution in [0, 0.1) is 0 Å².